The third kappa shape index (κ3) is 3.82. The monoisotopic (exact) mass is 237 g/mol. The first kappa shape index (κ1) is 12.6. The first-order chi connectivity index (χ1) is 8.40. The Balaban J connectivity index is 1.63. The minimum absolute atomic E-state index is 0.333. The largest absolute Gasteiger partial charge is 0.396 e. The summed E-state index contributed by atoms with van der Waals surface area (Å²) in [6.45, 7) is 2.38. The Morgan fingerprint density at radius 3 is 3.00 bits per heavy atom. The number of aliphatic hydroxyl groups excluding tert-OH is 1. The topological polar surface area (TPSA) is 50.1 Å². The molecule has 2 atom stereocenters. The fourth-order valence-electron chi connectivity index (χ4n) is 2.66. The molecule has 0 aromatic carbocycles. The number of nitrogens with one attached hydrogen (secondary N) is 1. The molecule has 1 saturated carbocycles. The van der Waals surface area contributed by atoms with Crippen LogP contribution >= 0.6 is 0 Å². The molecule has 0 radical (unpaired) electrons. The Hall–Kier alpha value is -0.870. The molecule has 0 bridgehead atoms. The van der Waals surface area contributed by atoms with Gasteiger partial charge >= 0.3 is 0 Å². The van der Waals surface area contributed by atoms with Gasteiger partial charge in [-0.1, -0.05) is 12.8 Å². The van der Waals surface area contributed by atoms with Crippen LogP contribution in [0.15, 0.2) is 18.7 Å². The third-order valence-electron chi connectivity index (χ3n) is 3.70. The van der Waals surface area contributed by atoms with E-state index in [2.05, 4.69) is 14.9 Å². The second-order valence-corrected chi connectivity index (χ2v) is 4.94. The van der Waals surface area contributed by atoms with Gasteiger partial charge in [0.1, 0.15) is 0 Å². The van der Waals surface area contributed by atoms with E-state index in [1.807, 2.05) is 18.7 Å². The van der Waals surface area contributed by atoms with Gasteiger partial charge in [0.25, 0.3) is 0 Å². The van der Waals surface area contributed by atoms with Crippen molar-refractivity contribution in [1.82, 2.24) is 14.9 Å². The van der Waals surface area contributed by atoms with Crippen LogP contribution in [0.4, 0.5) is 0 Å². The second kappa shape index (κ2) is 6.77. The van der Waals surface area contributed by atoms with Gasteiger partial charge in [0, 0.05) is 31.6 Å². The molecular formula is C13H23N3O. The highest BCUT2D eigenvalue weighted by Crippen LogP contribution is 2.23. The van der Waals surface area contributed by atoms with E-state index in [4.69, 9.17) is 0 Å². The van der Waals surface area contributed by atoms with E-state index >= 15 is 0 Å². The molecule has 1 aliphatic rings. The van der Waals surface area contributed by atoms with Gasteiger partial charge in [-0.15, -0.1) is 0 Å². The molecule has 1 heterocycles. The molecule has 1 aliphatic carbocycles. The summed E-state index contributed by atoms with van der Waals surface area (Å²) in [7, 11) is 0. The molecule has 0 spiro atoms. The van der Waals surface area contributed by atoms with Gasteiger partial charge in [0.05, 0.1) is 6.33 Å². The predicted octanol–water partition coefficient (Wildman–Crippen LogP) is 1.41. The predicted molar refractivity (Wildman–Crippen MR) is 67.7 cm³/mol. The van der Waals surface area contributed by atoms with E-state index in [0.717, 1.165) is 19.5 Å². The molecule has 2 rings (SSSR count). The number of rotatable bonds is 6. The molecule has 4 nitrogen and oxygen atoms in total. The minimum Gasteiger partial charge on any atom is -0.396 e. The molecule has 0 aliphatic heterocycles. The average Bonchev–Trinajstić information content (AvgIpc) is 2.88. The van der Waals surface area contributed by atoms with Crippen LogP contribution < -0.4 is 5.32 Å². The van der Waals surface area contributed by atoms with E-state index in [0.29, 0.717) is 18.6 Å². The van der Waals surface area contributed by atoms with Crippen molar-refractivity contribution in [2.45, 2.75) is 44.7 Å². The zero-order chi connectivity index (χ0) is 11.9. The van der Waals surface area contributed by atoms with Crippen molar-refractivity contribution in [3.05, 3.63) is 18.7 Å². The molecule has 1 aromatic rings. The Bertz CT molecular complexity index is 300. The minimum atomic E-state index is 0.333. The molecule has 2 N–H and O–H groups in total. The van der Waals surface area contributed by atoms with Crippen molar-refractivity contribution < 1.29 is 5.11 Å². The van der Waals surface area contributed by atoms with Crippen molar-refractivity contribution in [3.63, 3.8) is 0 Å². The van der Waals surface area contributed by atoms with Gasteiger partial charge in [-0.3, -0.25) is 0 Å². The van der Waals surface area contributed by atoms with Crippen LogP contribution in [0, 0.1) is 5.92 Å². The summed E-state index contributed by atoms with van der Waals surface area (Å²) in [5.74, 6) is 0.469. The van der Waals surface area contributed by atoms with E-state index in [-0.39, 0.29) is 0 Å². The lowest BCUT2D eigenvalue weighted by Gasteiger charge is -2.31. The van der Waals surface area contributed by atoms with Crippen LogP contribution in [-0.4, -0.2) is 33.9 Å². The lowest BCUT2D eigenvalue weighted by atomic mass is 9.85. The number of nitrogens with zero attached hydrogens (tertiary/aromatic N) is 2. The Morgan fingerprint density at radius 1 is 1.35 bits per heavy atom. The normalized spacial score (nSPS) is 25.0. The average molecular weight is 237 g/mol. The molecule has 0 amide bonds. The first-order valence-corrected chi connectivity index (χ1v) is 6.70. The van der Waals surface area contributed by atoms with Crippen molar-refractivity contribution in [2.75, 3.05) is 13.2 Å². The van der Waals surface area contributed by atoms with E-state index < -0.39 is 0 Å². The van der Waals surface area contributed by atoms with Crippen LogP contribution in [-0.2, 0) is 6.54 Å². The van der Waals surface area contributed by atoms with Crippen molar-refractivity contribution in [3.8, 4) is 0 Å². The standard InChI is InChI=1S/C13H23N3O/c17-10-12-4-1-2-5-13(12)15-6-3-8-16-9-7-14-11-16/h7,9,11-13,15,17H,1-6,8,10H2. The van der Waals surface area contributed by atoms with E-state index in [1.54, 1.807) is 0 Å². The number of aromatic nitrogens is 2. The molecule has 4 heteroatoms. The van der Waals surface area contributed by atoms with Gasteiger partial charge in [-0.2, -0.15) is 0 Å². The maximum Gasteiger partial charge on any atom is 0.0945 e. The van der Waals surface area contributed by atoms with Crippen LogP contribution in [0.1, 0.15) is 32.1 Å². The summed E-state index contributed by atoms with van der Waals surface area (Å²) in [6, 6.07) is 0.525. The summed E-state index contributed by atoms with van der Waals surface area (Å²) in [5, 5.41) is 12.9. The molecule has 1 fully saturated rings. The summed E-state index contributed by atoms with van der Waals surface area (Å²) < 4.78 is 2.10. The molecule has 17 heavy (non-hydrogen) atoms. The number of aryl methyl sites for hydroxylation is 1. The maximum atomic E-state index is 9.32. The fourth-order valence-corrected chi connectivity index (χ4v) is 2.66. The summed E-state index contributed by atoms with van der Waals surface area (Å²) >= 11 is 0. The summed E-state index contributed by atoms with van der Waals surface area (Å²) in [6.07, 6.45) is 11.8. The second-order valence-electron chi connectivity index (χ2n) is 4.94. The van der Waals surface area contributed by atoms with Crippen molar-refractivity contribution in [2.24, 2.45) is 5.92 Å². The summed E-state index contributed by atoms with van der Waals surface area (Å²) in [4.78, 5) is 4.03. The van der Waals surface area contributed by atoms with Crippen molar-refractivity contribution >= 4 is 0 Å². The van der Waals surface area contributed by atoms with Gasteiger partial charge in [-0.25, -0.2) is 4.98 Å². The van der Waals surface area contributed by atoms with Crippen LogP contribution in [0.3, 0.4) is 0 Å². The molecule has 96 valence electrons. The van der Waals surface area contributed by atoms with Crippen LogP contribution in [0.5, 0.6) is 0 Å². The Labute approximate surface area is 103 Å². The number of hydrogen-bond donors (Lipinski definition) is 2. The molecule has 2 unspecified atom stereocenters. The van der Waals surface area contributed by atoms with Crippen molar-refractivity contribution in [1.29, 1.82) is 0 Å². The van der Waals surface area contributed by atoms with Gasteiger partial charge in [0.15, 0.2) is 0 Å². The molecule has 0 saturated heterocycles. The quantitative estimate of drug-likeness (QED) is 0.736. The van der Waals surface area contributed by atoms with Gasteiger partial charge in [0.2, 0.25) is 0 Å². The highest BCUT2D eigenvalue weighted by atomic mass is 16.3. The first-order valence-electron chi connectivity index (χ1n) is 6.70. The van der Waals surface area contributed by atoms with Crippen LogP contribution in [0.2, 0.25) is 0 Å². The third-order valence-corrected chi connectivity index (χ3v) is 3.70. The zero-order valence-corrected chi connectivity index (χ0v) is 10.4. The fraction of sp³-hybridized carbons (Fsp3) is 0.769. The number of aliphatic hydroxyl groups is 1. The molecular weight excluding hydrogens is 214 g/mol. The lowest BCUT2D eigenvalue weighted by molar-refractivity contribution is 0.153. The lowest BCUT2D eigenvalue weighted by Crippen LogP contribution is -2.40. The van der Waals surface area contributed by atoms with Gasteiger partial charge in [-0.05, 0) is 31.7 Å². The highest BCUT2D eigenvalue weighted by molar-refractivity contribution is 4.80. The van der Waals surface area contributed by atoms with E-state index in [9.17, 15) is 5.11 Å². The van der Waals surface area contributed by atoms with E-state index in [1.165, 1.54) is 25.7 Å². The zero-order valence-electron chi connectivity index (χ0n) is 10.4. The Morgan fingerprint density at radius 2 is 2.24 bits per heavy atom. The highest BCUT2D eigenvalue weighted by Gasteiger charge is 2.23. The van der Waals surface area contributed by atoms with Gasteiger partial charge < -0.3 is 15.0 Å². The van der Waals surface area contributed by atoms with Crippen LogP contribution in [0.25, 0.3) is 0 Å². The Kier molecular flexibility index (Phi) is 5.01. The molecule has 1 aromatic heterocycles. The summed E-state index contributed by atoms with van der Waals surface area (Å²) in [5.41, 5.74) is 0. The maximum absolute atomic E-state index is 9.32. The smallest absolute Gasteiger partial charge is 0.0945 e. The SMILES string of the molecule is OCC1CCCCC1NCCCn1ccnc1. The number of hydrogen-bond acceptors (Lipinski definition) is 3. The number of imidazole rings is 1.